The summed E-state index contributed by atoms with van der Waals surface area (Å²) in [5.74, 6) is -0.809. The van der Waals surface area contributed by atoms with Crippen LogP contribution in [0.25, 0.3) is 23.0 Å². The molecule has 19 nitrogen and oxygen atoms in total. The van der Waals surface area contributed by atoms with Crippen molar-refractivity contribution >= 4 is 277 Å². The summed E-state index contributed by atoms with van der Waals surface area (Å²) in [6.07, 6.45) is 3.47. The smallest absolute Gasteiger partial charge is 0.338 e. The van der Waals surface area contributed by atoms with Gasteiger partial charge in [-0.2, -0.15) is 0 Å². The van der Waals surface area contributed by atoms with E-state index in [1.54, 1.807) is 184 Å². The third-order valence-corrected chi connectivity index (χ3v) is 67.9. The number of primary amides is 2. The van der Waals surface area contributed by atoms with Crippen molar-refractivity contribution in [3.63, 3.8) is 0 Å². The number of carbonyl (C=O) groups excluding carboxylic acids is 3. The van der Waals surface area contributed by atoms with Crippen LogP contribution in [0.3, 0.4) is 0 Å². The number of aromatic carboxylic acids is 1. The molecule has 10 rings (SSSR count). The molecule has 540 valence electrons. The number of carboxylic acid groups (broad SMARTS) is 1. The topological polar surface area (TPSA) is 261 Å². The number of carbonyl (C=O) groups is 4. The summed E-state index contributed by atoms with van der Waals surface area (Å²) in [4.78, 5) is 57.3. The van der Waals surface area contributed by atoms with E-state index in [4.69, 9.17) is 48.4 Å². The molecule has 101 heavy (non-hydrogen) atoms. The Labute approximate surface area is 661 Å². The monoisotopic (exact) mass is 1890 g/mol. The van der Waals surface area contributed by atoms with Crippen LogP contribution in [0.4, 0.5) is 8.78 Å². The quantitative estimate of drug-likeness (QED) is 0.102. The average Bonchev–Trinajstić information content (AvgIpc) is 1.68. The Balaban J connectivity index is 0.000000197. The van der Waals surface area contributed by atoms with E-state index in [9.17, 15) is 28.0 Å². The molecule has 0 bridgehead atoms. The van der Waals surface area contributed by atoms with Gasteiger partial charge in [-0.3, -0.25) is 24.4 Å². The Bertz CT molecular complexity index is 5540. The van der Waals surface area contributed by atoms with Crippen molar-refractivity contribution in [2.75, 3.05) is 13.1 Å². The highest BCUT2D eigenvalue weighted by Crippen LogP contribution is 2.29. The van der Waals surface area contributed by atoms with Crippen LogP contribution in [-0.4, -0.2) is 86.3 Å². The molecule has 2 unspecified atom stereocenters. The van der Waals surface area contributed by atoms with Crippen molar-refractivity contribution in [2.24, 2.45) is 11.5 Å². The molecule has 0 radical (unpaired) electrons. The number of ether oxygens (including phenoxy) is 2. The first kappa shape index (κ1) is 85.2. The fourth-order valence-electron chi connectivity index (χ4n) is 8.43. The number of aromatic nitrogens is 8. The number of hydrogen-bond donors (Lipinski definition) is 4. The largest absolute Gasteiger partial charge is 0.488 e. The van der Waals surface area contributed by atoms with Crippen molar-refractivity contribution in [1.82, 2.24) is 49.7 Å². The van der Waals surface area contributed by atoms with E-state index in [2.05, 4.69) is 47.2 Å². The minimum absolute atomic E-state index is 0.00907. The molecule has 49 heteroatoms. The number of para-hydroxylation sites is 2. The summed E-state index contributed by atoms with van der Waals surface area (Å²) in [5.41, 5.74) is 13.2. The van der Waals surface area contributed by atoms with Gasteiger partial charge < -0.3 is 45.4 Å². The Morgan fingerprint density at radius 2 is 0.891 bits per heavy atom. The Morgan fingerprint density at radius 3 is 1.30 bits per heavy atom. The van der Waals surface area contributed by atoms with Crippen LogP contribution < -0.4 is 26.3 Å². The molecular weight excluding hydrogens is 1840 g/mol. The summed E-state index contributed by atoms with van der Waals surface area (Å²) in [5, 5.41) is 29.1. The summed E-state index contributed by atoms with van der Waals surface area (Å²) < 4.78 is 43.3. The second-order valence-corrected chi connectivity index (χ2v) is 64.6. The molecule has 4 aromatic carbocycles. The van der Waals surface area contributed by atoms with Crippen LogP contribution in [0.1, 0.15) is 90.1 Å². The Hall–Kier alpha value is -3.08. The van der Waals surface area contributed by atoms with Crippen molar-refractivity contribution in [1.29, 1.82) is 0 Å². The molecule has 0 fully saturated rings. The number of fused-ring (bicyclic) bond motifs is 2. The van der Waals surface area contributed by atoms with Gasteiger partial charge in [0.25, 0.3) is 17.7 Å². The third kappa shape index (κ3) is 29.5. The minimum atomic E-state index is -1.35. The molecule has 8 aromatic rings. The molecule has 3 amide bonds. The summed E-state index contributed by atoms with van der Waals surface area (Å²) >= 11 is 9.56. The van der Waals surface area contributed by atoms with Crippen molar-refractivity contribution < 1.29 is 42.5 Å². The van der Waals surface area contributed by atoms with Crippen LogP contribution in [-0.2, 0) is 280 Å². The van der Waals surface area contributed by atoms with Crippen molar-refractivity contribution in [2.45, 2.75) is 52.2 Å². The average molecular weight is 1890 g/mol. The fraction of sp³-hybridized carbons (Fsp3) is 0.192. The maximum absolute atomic E-state index is 14.7. The predicted molar refractivity (Wildman–Crippen MR) is 467 cm³/mol. The zero-order valence-electron chi connectivity index (χ0n) is 50.9. The second-order valence-electron chi connectivity index (χ2n) is 18.6. The Kier molecular flexibility index (Phi) is 41.3. The lowest BCUT2D eigenvalue weighted by molar-refractivity contribution is 0.0673. The predicted octanol–water partition coefficient (Wildman–Crippen LogP) is 6.51. The van der Waals surface area contributed by atoms with Gasteiger partial charge in [0.05, 0.1) is 41.4 Å². The van der Waals surface area contributed by atoms with E-state index < -0.39 is 40.9 Å². The van der Waals surface area contributed by atoms with Crippen molar-refractivity contribution in [3.05, 3.63) is 190 Å². The lowest BCUT2D eigenvalue weighted by atomic mass is 10.1. The normalized spacial score (nSPS) is 12.6. The van der Waals surface area contributed by atoms with Crippen LogP contribution >= 0.6 is 0 Å². The third-order valence-electron chi connectivity index (χ3n) is 12.3. The van der Waals surface area contributed by atoms with Crippen molar-refractivity contribution in [3.8, 4) is 34.5 Å². The molecule has 2 aliphatic rings. The van der Waals surface area contributed by atoms with Gasteiger partial charge in [0, 0.05) is 285 Å². The molecule has 0 saturated carbocycles. The number of nitrogens with zero attached hydrogens (tertiary/aromatic N) is 9. The SMILES string of the molecule is CC1CN(C(=O)c2cc(COc3ccccc3C(N)=O)ccc2F)Cc2nnc(-c3ccccn3)n21.CC1CNCc2nnc(-c3ccccn3)n21.NC(=O)c1ccccc1OCc1ccc(F)c(C(=O)O)c1.S=S=S=S=S=S=S=S=S=S=S=S=S=S=S=S=S=S=S=S=S=S=S=S=S=S=S=S. The lowest BCUT2D eigenvalue weighted by Gasteiger charge is -2.32. The van der Waals surface area contributed by atoms with Crippen LogP contribution in [0.5, 0.6) is 11.5 Å². The molecule has 2 aliphatic heterocycles. The van der Waals surface area contributed by atoms with Crippen LogP contribution in [0.15, 0.2) is 134 Å². The number of carboxylic acids is 1. The first-order valence-corrected chi connectivity index (χ1v) is 63.3. The summed E-state index contributed by atoms with van der Waals surface area (Å²) in [6.45, 7) is 6.41. The van der Waals surface area contributed by atoms with Gasteiger partial charge in [0.2, 0.25) is 0 Å². The van der Waals surface area contributed by atoms with Gasteiger partial charge in [-0.05, 0) is 97.8 Å². The molecule has 6 N–H and O–H groups in total. The number of hydrogen-bond acceptors (Lipinski definition) is 15. The zero-order valence-corrected chi connectivity index (χ0v) is 73.7. The first-order chi connectivity index (χ1) is 49.2. The number of nitrogens with two attached hydrogens (primary N) is 2. The fourth-order valence-corrected chi connectivity index (χ4v) is 74.3. The molecule has 0 saturated heterocycles. The zero-order chi connectivity index (χ0) is 72.0. The highest BCUT2D eigenvalue weighted by molar-refractivity contribution is 8.79. The molecular formula is C52H48F2N12O7S28. The Morgan fingerprint density at radius 1 is 0.505 bits per heavy atom. The summed E-state index contributed by atoms with van der Waals surface area (Å²) in [6, 6.07) is 32.5. The molecule has 4 aromatic heterocycles. The van der Waals surface area contributed by atoms with E-state index >= 15 is 0 Å². The van der Waals surface area contributed by atoms with Gasteiger partial charge in [-0.25, -0.2) is 13.6 Å². The lowest BCUT2D eigenvalue weighted by Crippen LogP contribution is -2.41. The number of pyridine rings is 2. The number of rotatable bonds is 12. The first-order valence-electron chi connectivity index (χ1n) is 27.3. The van der Waals surface area contributed by atoms with Crippen LogP contribution in [0.2, 0.25) is 0 Å². The van der Waals surface area contributed by atoms with Gasteiger partial charge in [0.1, 0.15) is 53.6 Å². The highest BCUT2D eigenvalue weighted by atomic mass is 33.5. The number of benzene rings is 4. The summed E-state index contributed by atoms with van der Waals surface area (Å²) in [7, 11) is 45.4. The maximum Gasteiger partial charge on any atom is 0.338 e. The molecule has 0 aliphatic carbocycles. The standard InChI is InChI=1S/C26H23FN6O3.C15H12FNO4.C11H13N5.S28/c1-16-13-32(14-23-30-31-25(33(16)23)21-7-4-5-11-29-21)26(35)19-12-17(9-10-20(19)27)15-36-22-8-3-2-6-18(22)24(28)34;16-12-6-5-9(7-11(12)15(19)20)8-21-13-4-2-1-3-10(13)14(17)18;1-8-6-12-7-10-14-15-11(16(8)10)9-4-2-3-5-13-9;1-3-5-7-9-11-13-15-17-19-21-23-25-27-28-26-24-22-20-18-16-14-12-10-8-6-4-2/h2-12,16H,13-15H2,1H3,(H2,28,34);1-7H,8H2,(H2,17,18)(H,19,20);2-5,8,12H,6-7H2,1H3;. The van der Waals surface area contributed by atoms with E-state index in [0.717, 1.165) is 36.5 Å². The number of amides is 3. The minimum Gasteiger partial charge on any atom is -0.488 e. The van der Waals surface area contributed by atoms with Gasteiger partial charge in [0.15, 0.2) is 17.5 Å². The molecule has 2 atom stereocenters. The maximum atomic E-state index is 14.7. The van der Waals surface area contributed by atoms with E-state index in [-0.39, 0.29) is 48.2 Å². The van der Waals surface area contributed by atoms with Crippen LogP contribution in [0, 0.1) is 11.6 Å². The second kappa shape index (κ2) is 49.0. The van der Waals surface area contributed by atoms with E-state index in [0.29, 0.717) is 46.8 Å². The molecule has 6 heterocycles. The van der Waals surface area contributed by atoms with E-state index in [1.165, 1.54) is 54.2 Å². The van der Waals surface area contributed by atoms with E-state index in [1.807, 2.05) is 137 Å². The highest BCUT2D eigenvalue weighted by Gasteiger charge is 2.32. The number of halogens is 2. The van der Waals surface area contributed by atoms with Gasteiger partial charge in [-0.1, -0.05) is 48.5 Å². The van der Waals surface area contributed by atoms with Gasteiger partial charge >= 0.3 is 5.97 Å². The van der Waals surface area contributed by atoms with Gasteiger partial charge in [-0.15, -0.1) is 20.4 Å². The number of nitrogens with one attached hydrogen (secondary N) is 1. The molecule has 0 spiro atoms.